The molecule has 5 N–H and O–H groups in total. The Morgan fingerprint density at radius 3 is 2.45 bits per heavy atom. The minimum atomic E-state index is -1.33. The lowest BCUT2D eigenvalue weighted by molar-refractivity contribution is 0.0110. The molecule has 0 aliphatic carbocycles. The average molecular weight is 313 g/mol. The summed E-state index contributed by atoms with van der Waals surface area (Å²) in [6.45, 7) is 5.31. The predicted octanol–water partition coefficient (Wildman–Crippen LogP) is 1.41. The van der Waals surface area contributed by atoms with E-state index in [1.165, 1.54) is 12.1 Å². The molecule has 1 aromatic carbocycles. The van der Waals surface area contributed by atoms with E-state index in [9.17, 15) is 25.2 Å². The Balaban J connectivity index is 2.48. The average Bonchev–Trinajstić information content (AvgIpc) is 2.35. The SMILES string of the molecule is CC(C)(C)OC(=O)NCCC(O)C(O)c1ccc(O)cc1O. The van der Waals surface area contributed by atoms with Crippen LogP contribution in [-0.4, -0.2) is 44.8 Å². The van der Waals surface area contributed by atoms with Crippen LogP contribution in [0.1, 0.15) is 38.9 Å². The van der Waals surface area contributed by atoms with Crippen molar-refractivity contribution >= 4 is 6.09 Å². The summed E-state index contributed by atoms with van der Waals surface area (Å²) in [6, 6.07) is 3.69. The number of rotatable bonds is 5. The zero-order chi connectivity index (χ0) is 16.9. The Bertz CT molecular complexity index is 511. The van der Waals surface area contributed by atoms with Gasteiger partial charge in [-0.15, -0.1) is 0 Å². The van der Waals surface area contributed by atoms with Crippen molar-refractivity contribution in [1.82, 2.24) is 5.32 Å². The number of aromatic hydroxyl groups is 2. The number of aliphatic hydroxyl groups is 2. The Kier molecular flexibility index (Phi) is 6.01. The highest BCUT2D eigenvalue weighted by molar-refractivity contribution is 5.67. The molecule has 0 saturated carbocycles. The van der Waals surface area contributed by atoms with Gasteiger partial charge in [0.15, 0.2) is 0 Å². The van der Waals surface area contributed by atoms with Crippen molar-refractivity contribution in [3.05, 3.63) is 23.8 Å². The lowest BCUT2D eigenvalue weighted by Crippen LogP contribution is -2.34. The second kappa shape index (κ2) is 7.33. The third-order valence-corrected chi connectivity index (χ3v) is 2.81. The van der Waals surface area contributed by atoms with Crippen LogP contribution >= 0.6 is 0 Å². The lowest BCUT2D eigenvalue weighted by atomic mass is 10.0. The van der Waals surface area contributed by atoms with Crippen LogP contribution in [0.2, 0.25) is 0 Å². The van der Waals surface area contributed by atoms with E-state index in [1.54, 1.807) is 20.8 Å². The zero-order valence-corrected chi connectivity index (χ0v) is 12.9. The number of amides is 1. The van der Waals surface area contributed by atoms with E-state index in [2.05, 4.69) is 5.32 Å². The van der Waals surface area contributed by atoms with Crippen molar-refractivity contribution in [2.75, 3.05) is 6.54 Å². The van der Waals surface area contributed by atoms with Gasteiger partial charge in [-0.1, -0.05) is 0 Å². The van der Waals surface area contributed by atoms with E-state index in [-0.39, 0.29) is 30.0 Å². The maximum Gasteiger partial charge on any atom is 0.407 e. The second-order valence-corrected chi connectivity index (χ2v) is 5.97. The maximum absolute atomic E-state index is 11.4. The van der Waals surface area contributed by atoms with Crippen molar-refractivity contribution in [2.24, 2.45) is 0 Å². The molecule has 1 rings (SSSR count). The van der Waals surface area contributed by atoms with Crippen molar-refractivity contribution in [1.29, 1.82) is 0 Å². The molecule has 2 unspecified atom stereocenters. The van der Waals surface area contributed by atoms with Gasteiger partial charge in [-0.2, -0.15) is 0 Å². The van der Waals surface area contributed by atoms with Gasteiger partial charge in [0.2, 0.25) is 0 Å². The van der Waals surface area contributed by atoms with Gasteiger partial charge >= 0.3 is 6.09 Å². The molecule has 0 aromatic heterocycles. The molecular weight excluding hydrogens is 290 g/mol. The monoisotopic (exact) mass is 313 g/mol. The first-order valence-electron chi connectivity index (χ1n) is 6.95. The number of aliphatic hydroxyl groups excluding tert-OH is 2. The summed E-state index contributed by atoms with van der Waals surface area (Å²) in [5, 5.41) is 41.2. The molecule has 7 heteroatoms. The van der Waals surface area contributed by atoms with Crippen molar-refractivity contribution in [3.63, 3.8) is 0 Å². The molecule has 0 aliphatic rings. The molecule has 124 valence electrons. The number of carbonyl (C=O) groups excluding carboxylic acids is 1. The van der Waals surface area contributed by atoms with Gasteiger partial charge in [-0.25, -0.2) is 4.79 Å². The Hall–Kier alpha value is -1.99. The van der Waals surface area contributed by atoms with Crippen LogP contribution in [0, 0.1) is 0 Å². The van der Waals surface area contributed by atoms with E-state index in [0.29, 0.717) is 0 Å². The van der Waals surface area contributed by atoms with Crippen molar-refractivity contribution < 1.29 is 30.0 Å². The highest BCUT2D eigenvalue weighted by Gasteiger charge is 2.22. The molecule has 0 heterocycles. The summed E-state index contributed by atoms with van der Waals surface area (Å²) >= 11 is 0. The molecule has 1 amide bonds. The number of benzene rings is 1. The van der Waals surface area contributed by atoms with E-state index < -0.39 is 23.9 Å². The van der Waals surface area contributed by atoms with Gasteiger partial charge in [-0.05, 0) is 39.3 Å². The number of carbonyl (C=O) groups is 1. The van der Waals surface area contributed by atoms with Gasteiger partial charge in [0, 0.05) is 18.2 Å². The van der Waals surface area contributed by atoms with Gasteiger partial charge < -0.3 is 30.5 Å². The summed E-state index contributed by atoms with van der Waals surface area (Å²) in [4.78, 5) is 11.4. The minimum Gasteiger partial charge on any atom is -0.508 e. The molecular formula is C15H23NO6. The number of alkyl carbamates (subject to hydrolysis) is 1. The minimum absolute atomic E-state index is 0.0702. The van der Waals surface area contributed by atoms with Gasteiger partial charge in [0.1, 0.15) is 23.2 Å². The van der Waals surface area contributed by atoms with Crippen LogP contribution in [0.25, 0.3) is 0 Å². The number of hydrogen-bond acceptors (Lipinski definition) is 6. The van der Waals surface area contributed by atoms with Gasteiger partial charge in [0.25, 0.3) is 0 Å². The smallest absolute Gasteiger partial charge is 0.407 e. The Labute approximate surface area is 129 Å². The molecule has 2 atom stereocenters. The predicted molar refractivity (Wildman–Crippen MR) is 79.6 cm³/mol. The van der Waals surface area contributed by atoms with E-state index in [0.717, 1.165) is 6.07 Å². The summed E-state index contributed by atoms with van der Waals surface area (Å²) < 4.78 is 5.03. The second-order valence-electron chi connectivity index (χ2n) is 5.97. The summed E-state index contributed by atoms with van der Waals surface area (Å²) in [7, 11) is 0. The lowest BCUT2D eigenvalue weighted by Gasteiger charge is -2.21. The van der Waals surface area contributed by atoms with E-state index in [1.807, 2.05) is 0 Å². The summed E-state index contributed by atoms with van der Waals surface area (Å²) in [5.74, 6) is -0.457. The van der Waals surface area contributed by atoms with E-state index in [4.69, 9.17) is 4.74 Å². The first-order chi connectivity index (χ1) is 10.1. The van der Waals surface area contributed by atoms with Crippen LogP contribution in [-0.2, 0) is 4.74 Å². The zero-order valence-electron chi connectivity index (χ0n) is 12.9. The molecule has 0 aliphatic heterocycles. The first-order valence-corrected chi connectivity index (χ1v) is 6.95. The third-order valence-electron chi connectivity index (χ3n) is 2.81. The van der Waals surface area contributed by atoms with Crippen molar-refractivity contribution in [2.45, 2.75) is 45.0 Å². The molecule has 0 fully saturated rings. The molecule has 1 aromatic rings. The number of nitrogens with one attached hydrogen (secondary N) is 1. The maximum atomic E-state index is 11.4. The fraction of sp³-hybridized carbons (Fsp3) is 0.533. The number of phenolic OH excluding ortho intramolecular Hbond substituents is 2. The van der Waals surface area contributed by atoms with E-state index >= 15 is 0 Å². The third kappa shape index (κ3) is 5.79. The van der Waals surface area contributed by atoms with Crippen LogP contribution in [0.3, 0.4) is 0 Å². The number of phenols is 2. The fourth-order valence-corrected chi connectivity index (χ4v) is 1.78. The van der Waals surface area contributed by atoms with Crippen LogP contribution in [0.15, 0.2) is 18.2 Å². The Morgan fingerprint density at radius 2 is 1.91 bits per heavy atom. The highest BCUT2D eigenvalue weighted by atomic mass is 16.6. The van der Waals surface area contributed by atoms with Crippen LogP contribution < -0.4 is 5.32 Å². The summed E-state index contributed by atoms with van der Waals surface area (Å²) in [6.07, 6.45) is -3.06. The Morgan fingerprint density at radius 1 is 1.27 bits per heavy atom. The molecule has 7 nitrogen and oxygen atoms in total. The number of ether oxygens (including phenoxy) is 1. The van der Waals surface area contributed by atoms with Gasteiger partial charge in [-0.3, -0.25) is 0 Å². The standard InChI is InChI=1S/C15H23NO6/c1-15(2,3)22-14(21)16-7-6-11(18)13(20)10-5-4-9(17)8-12(10)19/h4-5,8,11,13,17-20H,6-7H2,1-3H3,(H,16,21). The summed E-state index contributed by atoms with van der Waals surface area (Å²) in [5.41, 5.74) is -0.511. The number of hydrogen-bond donors (Lipinski definition) is 5. The topological polar surface area (TPSA) is 119 Å². The molecule has 0 saturated heterocycles. The molecule has 0 spiro atoms. The van der Waals surface area contributed by atoms with Gasteiger partial charge in [0.05, 0.1) is 6.10 Å². The highest BCUT2D eigenvalue weighted by Crippen LogP contribution is 2.30. The molecule has 0 bridgehead atoms. The fourth-order valence-electron chi connectivity index (χ4n) is 1.78. The molecule has 22 heavy (non-hydrogen) atoms. The molecule has 0 radical (unpaired) electrons. The quantitative estimate of drug-likeness (QED) is 0.561. The van der Waals surface area contributed by atoms with Crippen LogP contribution in [0.5, 0.6) is 11.5 Å². The van der Waals surface area contributed by atoms with Crippen molar-refractivity contribution in [3.8, 4) is 11.5 Å². The normalized spacial score (nSPS) is 14.2. The largest absolute Gasteiger partial charge is 0.508 e. The van der Waals surface area contributed by atoms with Crippen LogP contribution in [0.4, 0.5) is 4.79 Å². The first kappa shape index (κ1) is 18.1.